The minimum atomic E-state index is -4.54. The second-order valence-corrected chi connectivity index (χ2v) is 8.49. The molecule has 1 aromatic rings. The summed E-state index contributed by atoms with van der Waals surface area (Å²) in [7, 11) is 0. The lowest BCUT2D eigenvalue weighted by molar-refractivity contribution is -0.137. The van der Waals surface area contributed by atoms with E-state index in [1.165, 1.54) is 17.0 Å². The van der Waals surface area contributed by atoms with Crippen molar-refractivity contribution in [2.45, 2.75) is 69.4 Å². The number of carbonyl (C=O) groups is 2. The Balaban J connectivity index is 1.66. The van der Waals surface area contributed by atoms with Gasteiger partial charge in [0.05, 0.1) is 12.2 Å². The van der Waals surface area contributed by atoms with Crippen LogP contribution in [-0.2, 0) is 15.7 Å². The van der Waals surface area contributed by atoms with E-state index in [4.69, 9.17) is 4.74 Å². The van der Waals surface area contributed by atoms with E-state index in [-0.39, 0.29) is 24.1 Å². The number of benzene rings is 1. The van der Waals surface area contributed by atoms with E-state index >= 15 is 0 Å². The first-order chi connectivity index (χ1) is 13.7. The Bertz CT molecular complexity index is 799. The summed E-state index contributed by atoms with van der Waals surface area (Å²) >= 11 is 0. The molecule has 0 bridgehead atoms. The molecule has 2 aliphatic carbocycles. The summed E-state index contributed by atoms with van der Waals surface area (Å²) in [5.41, 5.74) is -1.88. The molecule has 5 nitrogen and oxygen atoms in total. The molecule has 1 N–H and O–H groups in total. The van der Waals surface area contributed by atoms with E-state index in [1.807, 2.05) is 0 Å². The fourth-order valence-corrected chi connectivity index (χ4v) is 4.27. The van der Waals surface area contributed by atoms with E-state index in [9.17, 15) is 22.8 Å². The molecule has 1 aromatic carbocycles. The smallest absolute Gasteiger partial charge is 0.353 e. The van der Waals surface area contributed by atoms with E-state index in [2.05, 4.69) is 12.2 Å². The zero-order valence-corrected chi connectivity index (χ0v) is 16.3. The molecule has 29 heavy (non-hydrogen) atoms. The highest BCUT2D eigenvalue weighted by molar-refractivity contribution is 5.98. The Labute approximate surface area is 167 Å². The molecule has 1 aliphatic heterocycles. The normalized spacial score (nSPS) is 29.9. The molecule has 4 rings (SSSR count). The highest BCUT2D eigenvalue weighted by Crippen LogP contribution is 2.43. The monoisotopic (exact) mass is 410 g/mol. The third-order valence-corrected chi connectivity index (χ3v) is 6.20. The van der Waals surface area contributed by atoms with Crippen LogP contribution in [-0.4, -0.2) is 41.1 Å². The van der Waals surface area contributed by atoms with Gasteiger partial charge >= 0.3 is 6.18 Å². The quantitative estimate of drug-likeness (QED) is 0.826. The predicted molar refractivity (Wildman–Crippen MR) is 98.9 cm³/mol. The fraction of sp³-hybridized carbons (Fsp3) is 0.619. The summed E-state index contributed by atoms with van der Waals surface area (Å²) in [6.07, 6.45) is 0.0937. The number of rotatable bonds is 3. The van der Waals surface area contributed by atoms with Crippen molar-refractivity contribution in [2.24, 2.45) is 5.92 Å². The van der Waals surface area contributed by atoms with Crippen LogP contribution in [0.2, 0.25) is 0 Å². The van der Waals surface area contributed by atoms with E-state index in [1.54, 1.807) is 0 Å². The lowest BCUT2D eigenvalue weighted by atomic mass is 9.83. The number of halogens is 3. The van der Waals surface area contributed by atoms with Crippen molar-refractivity contribution in [1.82, 2.24) is 10.2 Å². The van der Waals surface area contributed by atoms with Crippen LogP contribution in [0.1, 0.15) is 61.4 Å². The first-order valence-corrected chi connectivity index (χ1v) is 10.1. The van der Waals surface area contributed by atoms with Gasteiger partial charge in [0.2, 0.25) is 5.91 Å². The molecular formula is C21H25F3N2O3. The molecule has 8 heteroatoms. The summed E-state index contributed by atoms with van der Waals surface area (Å²) < 4.78 is 45.5. The number of hydrogen-bond acceptors (Lipinski definition) is 3. The molecular weight excluding hydrogens is 385 g/mol. The Kier molecular flexibility index (Phi) is 5.09. The molecule has 1 unspecified atom stereocenters. The summed E-state index contributed by atoms with van der Waals surface area (Å²) in [6, 6.07) is 3.68. The van der Waals surface area contributed by atoms with Crippen molar-refractivity contribution in [3.8, 4) is 0 Å². The maximum absolute atomic E-state index is 13.4. The van der Waals surface area contributed by atoms with Crippen molar-refractivity contribution in [1.29, 1.82) is 0 Å². The van der Waals surface area contributed by atoms with Gasteiger partial charge in [-0.3, -0.25) is 14.5 Å². The van der Waals surface area contributed by atoms with Gasteiger partial charge in [-0.2, -0.15) is 13.2 Å². The zero-order chi connectivity index (χ0) is 20.8. The van der Waals surface area contributed by atoms with Crippen molar-refractivity contribution < 1.29 is 27.5 Å². The largest absolute Gasteiger partial charge is 0.416 e. The molecule has 1 spiro atoms. The average Bonchev–Trinajstić information content (AvgIpc) is 3.42. The van der Waals surface area contributed by atoms with Crippen molar-refractivity contribution >= 4 is 11.8 Å². The lowest BCUT2D eigenvalue weighted by Gasteiger charge is -2.43. The van der Waals surface area contributed by atoms with Crippen LogP contribution in [0.4, 0.5) is 13.2 Å². The highest BCUT2D eigenvalue weighted by atomic mass is 19.4. The maximum Gasteiger partial charge on any atom is 0.416 e. The number of amides is 2. The molecule has 3 fully saturated rings. The first-order valence-electron chi connectivity index (χ1n) is 10.1. The standard InChI is InChI=1S/C21H25F3N2O3/c1-13-7-9-20(10-8-13)26(17(12-29-20)18(27)25-16-5-6-16)19(28)14-3-2-4-15(11-14)21(22,23)24/h2-4,11,13,16-17H,5-10,12H2,1H3,(H,25,27). The topological polar surface area (TPSA) is 58.6 Å². The SMILES string of the molecule is CC1CCC2(CC1)OCC(C(=O)NC1CC1)N2C(=O)c1cccc(C(F)(F)F)c1. The highest BCUT2D eigenvalue weighted by Gasteiger charge is 2.54. The Morgan fingerprint density at radius 1 is 1.17 bits per heavy atom. The number of nitrogens with one attached hydrogen (secondary N) is 1. The second kappa shape index (κ2) is 7.31. The van der Waals surface area contributed by atoms with Crippen LogP contribution in [0, 0.1) is 5.92 Å². The van der Waals surface area contributed by atoms with Crippen LogP contribution >= 0.6 is 0 Å². The second-order valence-electron chi connectivity index (χ2n) is 8.49. The van der Waals surface area contributed by atoms with Crippen molar-refractivity contribution in [2.75, 3.05) is 6.61 Å². The summed E-state index contributed by atoms with van der Waals surface area (Å²) in [5, 5.41) is 2.91. The third-order valence-electron chi connectivity index (χ3n) is 6.20. The van der Waals surface area contributed by atoms with Crippen LogP contribution in [0.15, 0.2) is 24.3 Å². The molecule has 2 amide bonds. The van der Waals surface area contributed by atoms with Gasteiger partial charge in [-0.15, -0.1) is 0 Å². The van der Waals surface area contributed by atoms with Crippen LogP contribution < -0.4 is 5.32 Å². The first kappa shape index (κ1) is 20.2. The average molecular weight is 410 g/mol. The van der Waals surface area contributed by atoms with E-state index in [0.717, 1.165) is 37.8 Å². The Morgan fingerprint density at radius 3 is 2.48 bits per heavy atom. The van der Waals surface area contributed by atoms with Crippen molar-refractivity contribution in [3.63, 3.8) is 0 Å². The Hall–Kier alpha value is -2.09. The number of alkyl halides is 3. The maximum atomic E-state index is 13.4. The van der Waals surface area contributed by atoms with Crippen molar-refractivity contribution in [3.05, 3.63) is 35.4 Å². The van der Waals surface area contributed by atoms with Gasteiger partial charge in [-0.25, -0.2) is 0 Å². The number of nitrogens with zero attached hydrogens (tertiary/aromatic N) is 1. The van der Waals surface area contributed by atoms with Gasteiger partial charge in [0.25, 0.3) is 5.91 Å². The van der Waals surface area contributed by atoms with Gasteiger partial charge < -0.3 is 10.1 Å². The number of hydrogen-bond donors (Lipinski definition) is 1. The summed E-state index contributed by atoms with van der Waals surface area (Å²) in [4.78, 5) is 27.6. The molecule has 1 saturated heterocycles. The van der Waals surface area contributed by atoms with Gasteiger partial charge in [0, 0.05) is 11.6 Å². The minimum Gasteiger partial charge on any atom is -0.353 e. The predicted octanol–water partition coefficient (Wildman–Crippen LogP) is 3.73. The van der Waals surface area contributed by atoms with Gasteiger partial charge in [0.15, 0.2) is 0 Å². The molecule has 1 heterocycles. The molecule has 3 aliphatic rings. The van der Waals surface area contributed by atoms with E-state index in [0.29, 0.717) is 18.8 Å². The van der Waals surface area contributed by atoms with E-state index < -0.39 is 29.4 Å². The summed E-state index contributed by atoms with van der Waals surface area (Å²) in [5.74, 6) is -0.392. The third kappa shape index (κ3) is 3.99. The zero-order valence-electron chi connectivity index (χ0n) is 16.3. The van der Waals surface area contributed by atoms with Gasteiger partial charge in [0.1, 0.15) is 11.8 Å². The van der Waals surface area contributed by atoms with Crippen LogP contribution in [0.5, 0.6) is 0 Å². The number of ether oxygens (including phenoxy) is 1. The fourth-order valence-electron chi connectivity index (χ4n) is 4.27. The molecule has 0 radical (unpaired) electrons. The van der Waals surface area contributed by atoms with Gasteiger partial charge in [-0.1, -0.05) is 13.0 Å². The summed E-state index contributed by atoms with van der Waals surface area (Å²) in [6.45, 7) is 2.19. The molecule has 0 aromatic heterocycles. The lowest BCUT2D eigenvalue weighted by Crippen LogP contribution is -2.57. The number of carbonyl (C=O) groups excluding carboxylic acids is 2. The molecule has 158 valence electrons. The van der Waals surface area contributed by atoms with Crippen LogP contribution in [0.3, 0.4) is 0 Å². The molecule has 2 saturated carbocycles. The Morgan fingerprint density at radius 2 is 1.86 bits per heavy atom. The van der Waals surface area contributed by atoms with Gasteiger partial charge in [-0.05, 0) is 62.6 Å². The molecule has 1 atom stereocenters. The minimum absolute atomic E-state index is 0.0671. The van der Waals surface area contributed by atoms with Crippen LogP contribution in [0.25, 0.3) is 0 Å².